The molecule has 1 aromatic rings. The molecule has 0 atom stereocenters. The minimum absolute atomic E-state index is 0. The fraction of sp³-hybridized carbons (Fsp3) is 0.571. The van der Waals surface area contributed by atoms with Crippen LogP contribution in [0.2, 0.25) is 0 Å². The smallest absolute Gasteiger partial charge is 0.259 e. The molecule has 9 heteroatoms. The Morgan fingerprint density at radius 3 is 2.57 bits per heavy atom. The zero-order valence-electron chi connectivity index (χ0n) is 18.3. The van der Waals surface area contributed by atoms with Gasteiger partial charge in [-0.2, -0.15) is 0 Å². The van der Waals surface area contributed by atoms with Gasteiger partial charge >= 0.3 is 0 Å². The lowest BCUT2D eigenvalue weighted by Gasteiger charge is -2.34. The maximum Gasteiger partial charge on any atom is 0.259 e. The van der Waals surface area contributed by atoms with Crippen molar-refractivity contribution in [1.29, 1.82) is 0 Å². The van der Waals surface area contributed by atoms with Gasteiger partial charge in [-0.25, -0.2) is 0 Å². The van der Waals surface area contributed by atoms with Crippen LogP contribution in [-0.4, -0.2) is 75.5 Å². The van der Waals surface area contributed by atoms with Crippen molar-refractivity contribution in [2.24, 2.45) is 10.9 Å². The molecule has 0 unspecified atom stereocenters. The Hall–Kier alpha value is -2.04. The number of aliphatic imine (C=N–C) groups is 1. The molecule has 2 amide bonds. The predicted octanol–water partition coefficient (Wildman–Crippen LogP) is 1.70. The summed E-state index contributed by atoms with van der Waals surface area (Å²) < 4.78 is 5.58. The standard InChI is InChI=1S/C21H33N5O3.HI/c1-22-19(27)13-16-8-10-26(11-9-16)21(23-2)24-14-17-6-5-7-18(12-17)29-15-20(28)25(3)4;/h5-7,12,16H,8-11,13-15H2,1-4H3,(H,22,27)(H,23,24);1H. The summed E-state index contributed by atoms with van der Waals surface area (Å²) in [5.74, 6) is 2.00. The Morgan fingerprint density at radius 2 is 1.97 bits per heavy atom. The van der Waals surface area contributed by atoms with Crippen molar-refractivity contribution < 1.29 is 14.3 Å². The number of rotatable bonds is 7. The first-order chi connectivity index (χ1) is 13.9. The number of nitrogens with one attached hydrogen (secondary N) is 2. The van der Waals surface area contributed by atoms with Crippen LogP contribution in [0.25, 0.3) is 0 Å². The summed E-state index contributed by atoms with van der Waals surface area (Å²) in [7, 11) is 6.88. The number of piperidine rings is 1. The van der Waals surface area contributed by atoms with Crippen LogP contribution in [-0.2, 0) is 16.1 Å². The topological polar surface area (TPSA) is 86.3 Å². The van der Waals surface area contributed by atoms with E-state index in [1.165, 1.54) is 4.90 Å². The number of carbonyl (C=O) groups is 2. The monoisotopic (exact) mass is 531 g/mol. The van der Waals surface area contributed by atoms with E-state index in [2.05, 4.69) is 20.5 Å². The third-order valence-electron chi connectivity index (χ3n) is 5.09. The van der Waals surface area contributed by atoms with Crippen LogP contribution in [0.1, 0.15) is 24.8 Å². The lowest BCUT2D eigenvalue weighted by molar-refractivity contribution is -0.130. The van der Waals surface area contributed by atoms with Crippen LogP contribution in [0.4, 0.5) is 0 Å². The highest BCUT2D eigenvalue weighted by atomic mass is 127. The number of hydrogen-bond donors (Lipinski definition) is 2. The van der Waals surface area contributed by atoms with E-state index in [-0.39, 0.29) is 42.4 Å². The molecule has 1 heterocycles. The molecule has 1 aromatic carbocycles. The van der Waals surface area contributed by atoms with E-state index in [0.29, 0.717) is 24.6 Å². The Morgan fingerprint density at radius 1 is 1.27 bits per heavy atom. The maximum atomic E-state index is 11.7. The van der Waals surface area contributed by atoms with Crippen molar-refractivity contribution in [3.8, 4) is 5.75 Å². The number of amides is 2. The summed E-state index contributed by atoms with van der Waals surface area (Å²) in [6, 6.07) is 7.70. The molecule has 2 rings (SSSR count). The third-order valence-corrected chi connectivity index (χ3v) is 5.09. The highest BCUT2D eigenvalue weighted by Crippen LogP contribution is 2.20. The van der Waals surface area contributed by atoms with Crippen LogP contribution in [0, 0.1) is 5.92 Å². The number of halogens is 1. The highest BCUT2D eigenvalue weighted by Gasteiger charge is 2.23. The lowest BCUT2D eigenvalue weighted by Crippen LogP contribution is -2.45. The number of likely N-dealkylation sites (tertiary alicyclic amines) is 1. The van der Waals surface area contributed by atoms with Crippen LogP contribution in [0.15, 0.2) is 29.3 Å². The van der Waals surface area contributed by atoms with Gasteiger partial charge in [-0.3, -0.25) is 14.6 Å². The third kappa shape index (κ3) is 8.37. The van der Waals surface area contributed by atoms with E-state index in [9.17, 15) is 9.59 Å². The Kier molecular flexibility index (Phi) is 11.5. The van der Waals surface area contributed by atoms with Crippen molar-refractivity contribution in [2.45, 2.75) is 25.8 Å². The average molecular weight is 531 g/mol. The van der Waals surface area contributed by atoms with Crippen molar-refractivity contribution in [3.05, 3.63) is 29.8 Å². The first-order valence-electron chi connectivity index (χ1n) is 10.0. The summed E-state index contributed by atoms with van der Waals surface area (Å²) in [4.78, 5) is 31.4. The van der Waals surface area contributed by atoms with Gasteiger partial charge in [-0.1, -0.05) is 12.1 Å². The summed E-state index contributed by atoms with van der Waals surface area (Å²) in [6.45, 7) is 2.41. The molecule has 1 aliphatic heterocycles. The summed E-state index contributed by atoms with van der Waals surface area (Å²) in [5.41, 5.74) is 1.05. The summed E-state index contributed by atoms with van der Waals surface area (Å²) in [6.07, 6.45) is 2.56. The second-order valence-electron chi connectivity index (χ2n) is 7.43. The molecular weight excluding hydrogens is 497 g/mol. The van der Waals surface area contributed by atoms with E-state index in [0.717, 1.165) is 37.5 Å². The van der Waals surface area contributed by atoms with Gasteiger partial charge in [0.25, 0.3) is 5.91 Å². The number of likely N-dealkylation sites (N-methyl/N-ethyl adjacent to an activating group) is 1. The SMILES string of the molecule is CN=C(NCc1cccc(OCC(=O)N(C)C)c1)N1CCC(CC(=O)NC)CC1.I. The normalized spacial score (nSPS) is 14.5. The predicted molar refractivity (Wildman–Crippen MR) is 129 cm³/mol. The molecule has 1 saturated heterocycles. The molecule has 1 fully saturated rings. The van der Waals surface area contributed by atoms with Crippen molar-refractivity contribution in [3.63, 3.8) is 0 Å². The molecule has 0 radical (unpaired) electrons. The van der Waals surface area contributed by atoms with Crippen molar-refractivity contribution in [2.75, 3.05) is 47.9 Å². The molecule has 2 N–H and O–H groups in total. The Balaban J connectivity index is 0.00000450. The van der Waals surface area contributed by atoms with Gasteiger partial charge in [0.2, 0.25) is 5.91 Å². The van der Waals surface area contributed by atoms with Crippen molar-refractivity contribution in [1.82, 2.24) is 20.4 Å². The molecule has 0 spiro atoms. The minimum atomic E-state index is -0.0752. The molecular formula is C21H34IN5O3. The Bertz CT molecular complexity index is 718. The molecule has 30 heavy (non-hydrogen) atoms. The van der Waals surface area contributed by atoms with E-state index in [4.69, 9.17) is 4.74 Å². The molecule has 0 aromatic heterocycles. The number of hydrogen-bond acceptors (Lipinski definition) is 4. The molecule has 8 nitrogen and oxygen atoms in total. The zero-order chi connectivity index (χ0) is 21.2. The fourth-order valence-corrected chi connectivity index (χ4v) is 3.25. The number of carbonyl (C=O) groups excluding carboxylic acids is 2. The molecule has 0 saturated carbocycles. The van der Waals surface area contributed by atoms with E-state index in [1.54, 1.807) is 28.2 Å². The Labute approximate surface area is 196 Å². The second-order valence-corrected chi connectivity index (χ2v) is 7.43. The van der Waals surface area contributed by atoms with Gasteiger partial charge in [0, 0.05) is 54.2 Å². The van der Waals surface area contributed by atoms with E-state index in [1.807, 2.05) is 24.3 Å². The van der Waals surface area contributed by atoms with Gasteiger partial charge in [-0.15, -0.1) is 24.0 Å². The van der Waals surface area contributed by atoms with Crippen LogP contribution >= 0.6 is 24.0 Å². The lowest BCUT2D eigenvalue weighted by atomic mass is 9.93. The quantitative estimate of drug-likeness (QED) is 0.318. The van der Waals surface area contributed by atoms with Crippen LogP contribution in [0.5, 0.6) is 5.75 Å². The highest BCUT2D eigenvalue weighted by molar-refractivity contribution is 14.0. The number of guanidine groups is 1. The zero-order valence-corrected chi connectivity index (χ0v) is 20.6. The van der Waals surface area contributed by atoms with Gasteiger partial charge in [0.05, 0.1) is 0 Å². The van der Waals surface area contributed by atoms with Gasteiger partial charge in [0.15, 0.2) is 12.6 Å². The largest absolute Gasteiger partial charge is 0.484 e. The van der Waals surface area contributed by atoms with Gasteiger partial charge in [0.1, 0.15) is 5.75 Å². The second kappa shape index (κ2) is 13.3. The molecule has 0 aliphatic carbocycles. The van der Waals surface area contributed by atoms with Crippen molar-refractivity contribution >= 4 is 41.8 Å². The summed E-state index contributed by atoms with van der Waals surface area (Å²) in [5, 5.41) is 6.10. The fourth-order valence-electron chi connectivity index (χ4n) is 3.25. The number of benzene rings is 1. The first kappa shape index (κ1) is 26.0. The minimum Gasteiger partial charge on any atom is -0.484 e. The summed E-state index contributed by atoms with van der Waals surface area (Å²) >= 11 is 0. The van der Waals surface area contributed by atoms with Crippen LogP contribution in [0.3, 0.4) is 0 Å². The molecule has 1 aliphatic rings. The number of nitrogens with zero attached hydrogens (tertiary/aromatic N) is 3. The molecule has 168 valence electrons. The average Bonchev–Trinajstić information content (AvgIpc) is 2.73. The van der Waals surface area contributed by atoms with E-state index < -0.39 is 0 Å². The van der Waals surface area contributed by atoms with Gasteiger partial charge in [-0.05, 0) is 36.5 Å². The first-order valence-corrected chi connectivity index (χ1v) is 10.0. The van der Waals surface area contributed by atoms with Gasteiger partial charge < -0.3 is 25.2 Å². The van der Waals surface area contributed by atoms with E-state index >= 15 is 0 Å². The number of ether oxygens (including phenoxy) is 1. The maximum absolute atomic E-state index is 11.7. The molecule has 0 bridgehead atoms. The van der Waals surface area contributed by atoms with Crippen LogP contribution < -0.4 is 15.4 Å².